The summed E-state index contributed by atoms with van der Waals surface area (Å²) in [6, 6.07) is 3.28. The number of hydrogen-bond acceptors (Lipinski definition) is 5. The van der Waals surface area contributed by atoms with E-state index in [-0.39, 0.29) is 0 Å². The Kier molecular flexibility index (Phi) is 5.16. The predicted molar refractivity (Wildman–Crippen MR) is 56.3 cm³/mol. The topological polar surface area (TPSA) is 62.0 Å². The van der Waals surface area contributed by atoms with Crippen LogP contribution in [0.2, 0.25) is 0 Å². The Balaban J connectivity index is 2.70. The van der Waals surface area contributed by atoms with Gasteiger partial charge in [-0.3, -0.25) is 0 Å². The third-order valence-corrected chi connectivity index (χ3v) is 2.00. The van der Waals surface area contributed by atoms with Crippen LogP contribution in [0.25, 0.3) is 0 Å². The van der Waals surface area contributed by atoms with Crippen LogP contribution in [0.3, 0.4) is 0 Å². The van der Waals surface area contributed by atoms with Gasteiger partial charge in [-0.15, -0.1) is 0 Å². The number of halogens is 1. The van der Waals surface area contributed by atoms with Crippen molar-refractivity contribution in [1.29, 1.82) is 5.26 Å². The first-order valence-electron chi connectivity index (χ1n) is 4.86. The van der Waals surface area contributed by atoms with Crippen molar-refractivity contribution < 1.29 is 9.13 Å². The van der Waals surface area contributed by atoms with Crippen LogP contribution in [-0.2, 0) is 4.74 Å². The highest BCUT2D eigenvalue weighted by Crippen LogP contribution is 2.10. The van der Waals surface area contributed by atoms with E-state index in [1.54, 1.807) is 12.0 Å². The summed E-state index contributed by atoms with van der Waals surface area (Å²) in [6.45, 7) is 1.56. The summed E-state index contributed by atoms with van der Waals surface area (Å²) in [5, 5.41) is 8.53. The molecular formula is C10H13FN4O. The van der Waals surface area contributed by atoms with Gasteiger partial charge < -0.3 is 9.64 Å². The summed E-state index contributed by atoms with van der Waals surface area (Å²) in [5.74, 6) is -0.107. The SMILES string of the molecule is COCCN(CCC#N)c1cc(F)ncn1. The minimum absolute atomic E-state index is 0.356. The third-order valence-electron chi connectivity index (χ3n) is 2.00. The normalized spacial score (nSPS) is 9.81. The summed E-state index contributed by atoms with van der Waals surface area (Å²) in [4.78, 5) is 9.13. The highest BCUT2D eigenvalue weighted by molar-refractivity contribution is 5.36. The molecule has 0 radical (unpaired) electrons. The fourth-order valence-electron chi connectivity index (χ4n) is 1.22. The molecule has 6 heteroatoms. The summed E-state index contributed by atoms with van der Waals surface area (Å²) >= 11 is 0. The van der Waals surface area contributed by atoms with Gasteiger partial charge in [0.2, 0.25) is 5.95 Å². The van der Waals surface area contributed by atoms with Crippen molar-refractivity contribution in [1.82, 2.24) is 9.97 Å². The van der Waals surface area contributed by atoms with E-state index in [0.717, 1.165) is 6.33 Å². The van der Waals surface area contributed by atoms with E-state index in [4.69, 9.17) is 10.00 Å². The quantitative estimate of drug-likeness (QED) is 0.674. The van der Waals surface area contributed by atoms with E-state index in [1.165, 1.54) is 6.07 Å². The second-order valence-electron chi connectivity index (χ2n) is 3.09. The van der Waals surface area contributed by atoms with Crippen molar-refractivity contribution in [2.45, 2.75) is 6.42 Å². The summed E-state index contributed by atoms with van der Waals surface area (Å²) in [6.07, 6.45) is 1.52. The molecule has 86 valence electrons. The average Bonchev–Trinajstić information content (AvgIpc) is 2.29. The van der Waals surface area contributed by atoms with Crippen LogP contribution in [0, 0.1) is 17.3 Å². The van der Waals surface area contributed by atoms with Crippen LogP contribution in [0.4, 0.5) is 10.2 Å². The van der Waals surface area contributed by atoms with E-state index < -0.39 is 5.95 Å². The Hall–Kier alpha value is -1.74. The van der Waals surface area contributed by atoms with Crippen molar-refractivity contribution in [2.75, 3.05) is 31.7 Å². The second kappa shape index (κ2) is 6.69. The van der Waals surface area contributed by atoms with Gasteiger partial charge in [0.15, 0.2) is 0 Å². The lowest BCUT2D eigenvalue weighted by molar-refractivity contribution is 0.205. The van der Waals surface area contributed by atoms with Crippen LogP contribution >= 0.6 is 0 Å². The van der Waals surface area contributed by atoms with Gasteiger partial charge in [0.05, 0.1) is 19.1 Å². The first kappa shape index (κ1) is 12.3. The number of hydrogen-bond donors (Lipinski definition) is 0. The van der Waals surface area contributed by atoms with E-state index >= 15 is 0 Å². The zero-order valence-corrected chi connectivity index (χ0v) is 9.06. The molecule has 1 heterocycles. The molecule has 0 aromatic carbocycles. The number of nitriles is 1. The standard InChI is InChI=1S/C10H13FN4O/c1-16-6-5-15(4-2-3-12)10-7-9(11)13-8-14-10/h7-8H,2,4-6H2,1H3. The maximum atomic E-state index is 12.9. The maximum absolute atomic E-state index is 12.9. The molecule has 0 saturated carbocycles. The number of rotatable bonds is 6. The average molecular weight is 224 g/mol. The molecule has 1 aromatic rings. The molecular weight excluding hydrogens is 211 g/mol. The summed E-state index contributed by atoms with van der Waals surface area (Å²) in [5.41, 5.74) is 0. The number of methoxy groups -OCH3 is 1. The van der Waals surface area contributed by atoms with Crippen LogP contribution in [0.15, 0.2) is 12.4 Å². The minimum Gasteiger partial charge on any atom is -0.383 e. The van der Waals surface area contributed by atoms with Crippen LogP contribution < -0.4 is 4.90 Å². The van der Waals surface area contributed by atoms with Gasteiger partial charge in [-0.25, -0.2) is 9.97 Å². The molecule has 0 spiro atoms. The molecule has 1 rings (SSSR count). The van der Waals surface area contributed by atoms with E-state index in [1.807, 2.05) is 6.07 Å². The number of nitrogens with zero attached hydrogens (tertiary/aromatic N) is 4. The monoisotopic (exact) mass is 224 g/mol. The van der Waals surface area contributed by atoms with Crippen LogP contribution in [-0.4, -0.2) is 36.8 Å². The third kappa shape index (κ3) is 3.79. The first-order chi connectivity index (χ1) is 7.77. The molecule has 16 heavy (non-hydrogen) atoms. The van der Waals surface area contributed by atoms with Gasteiger partial charge in [0, 0.05) is 26.3 Å². The summed E-state index contributed by atoms with van der Waals surface area (Å²) < 4.78 is 17.8. The van der Waals surface area contributed by atoms with Gasteiger partial charge >= 0.3 is 0 Å². The molecule has 0 aliphatic carbocycles. The lowest BCUT2D eigenvalue weighted by Crippen LogP contribution is -2.29. The van der Waals surface area contributed by atoms with Crippen LogP contribution in [0.5, 0.6) is 0 Å². The smallest absolute Gasteiger partial charge is 0.218 e. The number of ether oxygens (including phenoxy) is 1. The first-order valence-corrected chi connectivity index (χ1v) is 4.86. The Labute approximate surface area is 93.5 Å². The molecule has 0 N–H and O–H groups in total. The molecule has 0 amide bonds. The van der Waals surface area contributed by atoms with Crippen LogP contribution in [0.1, 0.15) is 6.42 Å². The minimum atomic E-state index is -0.579. The molecule has 0 saturated heterocycles. The lowest BCUT2D eigenvalue weighted by atomic mass is 10.4. The molecule has 0 aliphatic rings. The fourth-order valence-corrected chi connectivity index (χ4v) is 1.22. The van der Waals surface area contributed by atoms with Crippen molar-refractivity contribution in [3.05, 3.63) is 18.3 Å². The van der Waals surface area contributed by atoms with E-state index in [0.29, 0.717) is 31.9 Å². The zero-order valence-electron chi connectivity index (χ0n) is 9.06. The Morgan fingerprint density at radius 1 is 1.50 bits per heavy atom. The van der Waals surface area contributed by atoms with Crippen molar-refractivity contribution in [3.63, 3.8) is 0 Å². The Bertz CT molecular complexity index is 366. The fraction of sp³-hybridized carbons (Fsp3) is 0.500. The van der Waals surface area contributed by atoms with Gasteiger partial charge in [-0.2, -0.15) is 9.65 Å². The molecule has 0 bridgehead atoms. The molecule has 0 atom stereocenters. The van der Waals surface area contributed by atoms with E-state index in [2.05, 4.69) is 9.97 Å². The number of anilines is 1. The molecule has 0 unspecified atom stereocenters. The van der Waals surface area contributed by atoms with Crippen molar-refractivity contribution in [2.24, 2.45) is 0 Å². The van der Waals surface area contributed by atoms with Gasteiger partial charge in [0.25, 0.3) is 0 Å². The Morgan fingerprint density at radius 3 is 2.94 bits per heavy atom. The molecule has 0 aliphatic heterocycles. The zero-order chi connectivity index (χ0) is 11.8. The van der Waals surface area contributed by atoms with E-state index in [9.17, 15) is 4.39 Å². The van der Waals surface area contributed by atoms with Gasteiger partial charge in [0.1, 0.15) is 12.1 Å². The summed E-state index contributed by atoms with van der Waals surface area (Å²) in [7, 11) is 1.59. The lowest BCUT2D eigenvalue weighted by Gasteiger charge is -2.21. The molecule has 1 aromatic heterocycles. The van der Waals surface area contributed by atoms with Crippen molar-refractivity contribution in [3.8, 4) is 6.07 Å². The molecule has 5 nitrogen and oxygen atoms in total. The maximum Gasteiger partial charge on any atom is 0.218 e. The second-order valence-corrected chi connectivity index (χ2v) is 3.09. The Morgan fingerprint density at radius 2 is 2.31 bits per heavy atom. The molecule has 0 fully saturated rings. The highest BCUT2D eigenvalue weighted by Gasteiger charge is 2.08. The van der Waals surface area contributed by atoms with Gasteiger partial charge in [-0.1, -0.05) is 0 Å². The highest BCUT2D eigenvalue weighted by atomic mass is 19.1. The van der Waals surface area contributed by atoms with Gasteiger partial charge in [-0.05, 0) is 0 Å². The largest absolute Gasteiger partial charge is 0.383 e. The number of aromatic nitrogens is 2. The predicted octanol–water partition coefficient (Wildman–Crippen LogP) is 0.982. The van der Waals surface area contributed by atoms with Crippen molar-refractivity contribution >= 4 is 5.82 Å².